The predicted octanol–water partition coefficient (Wildman–Crippen LogP) is -0.360. The minimum atomic E-state index is -1.80. The van der Waals surface area contributed by atoms with Gasteiger partial charge in [0.1, 0.15) is 0 Å². The van der Waals surface area contributed by atoms with Gasteiger partial charge in [0.15, 0.2) is 0 Å². The van der Waals surface area contributed by atoms with Crippen molar-refractivity contribution in [1.82, 2.24) is 4.90 Å². The Bertz CT molecular complexity index is 160. The number of rotatable bonds is 0. The van der Waals surface area contributed by atoms with Gasteiger partial charge in [0, 0.05) is 13.2 Å². The monoisotopic (exact) mass is 127 g/mol. The van der Waals surface area contributed by atoms with Crippen LogP contribution in [-0.4, -0.2) is 28.1 Å². The van der Waals surface area contributed by atoms with Crippen LogP contribution >= 0.6 is 0 Å². The number of hydrogen-bond donors (Lipinski definition) is 2. The molecule has 1 aliphatic heterocycles. The molecule has 3 nitrogen and oxygen atoms in total. The lowest BCUT2D eigenvalue weighted by molar-refractivity contribution is -0.202. The Kier molecular flexibility index (Phi) is 1.31. The molecule has 1 rings (SSSR count). The van der Waals surface area contributed by atoms with Crippen molar-refractivity contribution in [2.75, 3.05) is 7.05 Å². The zero-order valence-corrected chi connectivity index (χ0v) is 5.15. The molecular weight excluding hydrogens is 118 g/mol. The largest absolute Gasteiger partial charge is 0.345 e. The van der Waals surface area contributed by atoms with Crippen LogP contribution in [0.4, 0.5) is 0 Å². The second kappa shape index (κ2) is 1.86. The van der Waals surface area contributed by atoms with Crippen molar-refractivity contribution in [3.63, 3.8) is 0 Å². The molecule has 0 amide bonds. The molecule has 0 bridgehead atoms. The van der Waals surface area contributed by atoms with E-state index in [2.05, 4.69) is 0 Å². The quantitative estimate of drug-likeness (QED) is 0.437. The molecule has 0 aromatic rings. The summed E-state index contributed by atoms with van der Waals surface area (Å²) in [6.07, 6.45) is 6.19. The van der Waals surface area contributed by atoms with Gasteiger partial charge in [-0.25, -0.2) is 0 Å². The first-order chi connectivity index (χ1) is 4.13. The molecule has 50 valence electrons. The van der Waals surface area contributed by atoms with Crippen LogP contribution in [0.2, 0.25) is 0 Å². The van der Waals surface area contributed by atoms with Crippen LogP contribution in [0.1, 0.15) is 0 Å². The molecule has 0 aromatic heterocycles. The molecule has 1 aliphatic rings. The summed E-state index contributed by atoms with van der Waals surface area (Å²) in [5.74, 6) is -1.80. The maximum atomic E-state index is 8.99. The zero-order chi connectivity index (χ0) is 6.91. The van der Waals surface area contributed by atoms with Gasteiger partial charge in [-0.2, -0.15) is 0 Å². The van der Waals surface area contributed by atoms with E-state index < -0.39 is 5.91 Å². The van der Waals surface area contributed by atoms with Crippen LogP contribution < -0.4 is 0 Å². The molecule has 2 N–H and O–H groups in total. The highest BCUT2D eigenvalue weighted by Gasteiger charge is 2.23. The van der Waals surface area contributed by atoms with Crippen LogP contribution in [0.3, 0.4) is 0 Å². The summed E-state index contributed by atoms with van der Waals surface area (Å²) in [6, 6.07) is 0. The molecule has 0 saturated carbocycles. The van der Waals surface area contributed by atoms with Crippen molar-refractivity contribution in [2.24, 2.45) is 0 Å². The van der Waals surface area contributed by atoms with E-state index >= 15 is 0 Å². The number of aliphatic hydroxyl groups is 2. The van der Waals surface area contributed by atoms with Gasteiger partial charge in [-0.1, -0.05) is 6.08 Å². The summed E-state index contributed by atoms with van der Waals surface area (Å²) in [7, 11) is 1.58. The molecule has 0 atom stereocenters. The molecule has 0 aromatic carbocycles. The van der Waals surface area contributed by atoms with Crippen molar-refractivity contribution >= 4 is 0 Å². The second-order valence-corrected chi connectivity index (χ2v) is 2.00. The molecule has 3 heteroatoms. The fourth-order valence-corrected chi connectivity index (χ4v) is 0.591. The van der Waals surface area contributed by atoms with E-state index in [1.165, 1.54) is 11.0 Å². The summed E-state index contributed by atoms with van der Waals surface area (Å²) in [5.41, 5.74) is 0. The smallest absolute Gasteiger partial charge is 0.267 e. The minimum absolute atomic E-state index is 1.30. The molecule has 0 fully saturated rings. The van der Waals surface area contributed by atoms with E-state index in [1.807, 2.05) is 0 Å². The fraction of sp³-hybridized carbons (Fsp3) is 0.333. The summed E-state index contributed by atoms with van der Waals surface area (Å²) in [6.45, 7) is 0. The zero-order valence-electron chi connectivity index (χ0n) is 5.15. The molecule has 0 spiro atoms. The van der Waals surface area contributed by atoms with Crippen LogP contribution in [0.15, 0.2) is 24.4 Å². The number of allylic oxidation sites excluding steroid dienone is 2. The molecule has 0 unspecified atom stereocenters. The lowest BCUT2D eigenvalue weighted by Gasteiger charge is -2.29. The number of likely N-dealkylation sites (N-methyl/N-ethyl adjacent to an activating group) is 1. The lowest BCUT2D eigenvalue weighted by atomic mass is 10.3. The lowest BCUT2D eigenvalue weighted by Crippen LogP contribution is -2.42. The molecule has 0 saturated heterocycles. The summed E-state index contributed by atoms with van der Waals surface area (Å²) >= 11 is 0. The van der Waals surface area contributed by atoms with Gasteiger partial charge in [-0.05, 0) is 12.2 Å². The van der Waals surface area contributed by atoms with Crippen molar-refractivity contribution in [3.05, 3.63) is 24.4 Å². The average Bonchev–Trinajstić information content (AvgIpc) is 1.77. The molecule has 0 radical (unpaired) electrons. The summed E-state index contributed by atoms with van der Waals surface area (Å²) in [5, 5.41) is 18.0. The Hall–Kier alpha value is -0.800. The van der Waals surface area contributed by atoms with Gasteiger partial charge in [0.05, 0.1) is 0 Å². The van der Waals surface area contributed by atoms with Gasteiger partial charge in [-0.3, -0.25) is 0 Å². The molecular formula is C6H9NO2. The third kappa shape index (κ3) is 1.12. The number of nitrogens with zero attached hydrogens (tertiary/aromatic N) is 1. The van der Waals surface area contributed by atoms with Crippen LogP contribution in [-0.2, 0) is 0 Å². The predicted molar refractivity (Wildman–Crippen MR) is 33.2 cm³/mol. The van der Waals surface area contributed by atoms with Crippen molar-refractivity contribution in [2.45, 2.75) is 5.91 Å². The highest BCUT2D eigenvalue weighted by molar-refractivity contribution is 5.12. The Morgan fingerprint density at radius 3 is 2.33 bits per heavy atom. The van der Waals surface area contributed by atoms with Crippen LogP contribution in [0.25, 0.3) is 0 Å². The first kappa shape index (κ1) is 6.32. The Morgan fingerprint density at radius 1 is 1.33 bits per heavy atom. The van der Waals surface area contributed by atoms with E-state index in [0.717, 1.165) is 0 Å². The Labute approximate surface area is 53.5 Å². The van der Waals surface area contributed by atoms with Gasteiger partial charge >= 0.3 is 0 Å². The normalized spacial score (nSPS) is 22.8. The van der Waals surface area contributed by atoms with E-state index in [1.54, 1.807) is 25.4 Å². The third-order valence-corrected chi connectivity index (χ3v) is 1.26. The Morgan fingerprint density at radius 2 is 2.00 bits per heavy atom. The fourth-order valence-electron chi connectivity index (χ4n) is 0.591. The van der Waals surface area contributed by atoms with Crippen molar-refractivity contribution in [1.29, 1.82) is 0 Å². The SMILES string of the molecule is CN1C=CC=CC1(O)O. The van der Waals surface area contributed by atoms with Gasteiger partial charge < -0.3 is 15.1 Å². The maximum Gasteiger partial charge on any atom is 0.267 e. The average molecular weight is 127 g/mol. The highest BCUT2D eigenvalue weighted by atomic mass is 16.5. The van der Waals surface area contributed by atoms with E-state index in [4.69, 9.17) is 10.2 Å². The molecule has 1 heterocycles. The third-order valence-electron chi connectivity index (χ3n) is 1.26. The minimum Gasteiger partial charge on any atom is -0.345 e. The topological polar surface area (TPSA) is 43.7 Å². The Balaban J connectivity index is 2.78. The summed E-state index contributed by atoms with van der Waals surface area (Å²) in [4.78, 5) is 1.30. The van der Waals surface area contributed by atoms with E-state index in [0.29, 0.717) is 0 Å². The van der Waals surface area contributed by atoms with Crippen molar-refractivity contribution in [3.8, 4) is 0 Å². The first-order valence-corrected chi connectivity index (χ1v) is 2.66. The molecule has 0 aliphatic carbocycles. The van der Waals surface area contributed by atoms with Crippen LogP contribution in [0.5, 0.6) is 0 Å². The molecule has 9 heavy (non-hydrogen) atoms. The highest BCUT2D eigenvalue weighted by Crippen LogP contribution is 2.11. The second-order valence-electron chi connectivity index (χ2n) is 2.00. The standard InChI is InChI=1S/C6H9NO2/c1-7-5-3-2-4-6(7,8)9/h2-5,8-9H,1H3. The first-order valence-electron chi connectivity index (χ1n) is 2.66. The summed E-state index contributed by atoms with van der Waals surface area (Å²) < 4.78 is 0. The van der Waals surface area contributed by atoms with Gasteiger partial charge in [0.2, 0.25) is 0 Å². The van der Waals surface area contributed by atoms with Crippen LogP contribution in [0, 0.1) is 0 Å². The van der Waals surface area contributed by atoms with E-state index in [9.17, 15) is 0 Å². The van der Waals surface area contributed by atoms with Gasteiger partial charge in [-0.15, -0.1) is 0 Å². The van der Waals surface area contributed by atoms with E-state index in [-0.39, 0.29) is 0 Å². The number of hydrogen-bond acceptors (Lipinski definition) is 3. The van der Waals surface area contributed by atoms with Gasteiger partial charge in [0.25, 0.3) is 5.91 Å². The maximum absolute atomic E-state index is 8.99. The van der Waals surface area contributed by atoms with Crippen molar-refractivity contribution < 1.29 is 10.2 Å².